The van der Waals surface area contributed by atoms with Gasteiger partial charge in [-0.05, 0) is 30.3 Å². The fourth-order valence-electron chi connectivity index (χ4n) is 2.46. The lowest BCUT2D eigenvalue weighted by Crippen LogP contribution is -2.31. The standard InChI is InChI=1S/C18H19BrN2O3/c19-15-6-4-13(5-7-15)18(22)21-9-8-20-12-14-2-1-3-16-17(14)24-11-10-23-16/h1-7,20H,8-12H2,(H,21,22). The number of benzene rings is 2. The number of amides is 1. The zero-order valence-electron chi connectivity index (χ0n) is 13.2. The second-order valence-corrected chi connectivity index (χ2v) is 6.30. The number of hydrogen-bond donors (Lipinski definition) is 2. The Labute approximate surface area is 149 Å². The van der Waals surface area contributed by atoms with Crippen molar-refractivity contribution in [3.8, 4) is 11.5 Å². The van der Waals surface area contributed by atoms with E-state index in [0.29, 0.717) is 38.4 Å². The first-order valence-corrected chi connectivity index (χ1v) is 8.65. The molecule has 1 heterocycles. The highest BCUT2D eigenvalue weighted by Crippen LogP contribution is 2.33. The lowest BCUT2D eigenvalue weighted by molar-refractivity contribution is 0.0954. The summed E-state index contributed by atoms with van der Waals surface area (Å²) < 4.78 is 12.2. The third-order valence-corrected chi connectivity index (χ3v) is 4.19. The van der Waals surface area contributed by atoms with Crippen molar-refractivity contribution in [2.45, 2.75) is 6.54 Å². The van der Waals surface area contributed by atoms with Crippen LogP contribution in [0.4, 0.5) is 0 Å². The molecule has 0 saturated heterocycles. The predicted molar refractivity (Wildman–Crippen MR) is 95.6 cm³/mol. The number of para-hydroxylation sites is 1. The van der Waals surface area contributed by atoms with Gasteiger partial charge in [0.1, 0.15) is 13.2 Å². The molecule has 5 nitrogen and oxygen atoms in total. The summed E-state index contributed by atoms with van der Waals surface area (Å²) in [6.07, 6.45) is 0. The summed E-state index contributed by atoms with van der Waals surface area (Å²) >= 11 is 3.36. The maximum absolute atomic E-state index is 12.0. The fraction of sp³-hybridized carbons (Fsp3) is 0.278. The Kier molecular flexibility index (Phi) is 5.72. The Hall–Kier alpha value is -2.05. The number of ether oxygens (including phenoxy) is 2. The monoisotopic (exact) mass is 390 g/mol. The molecule has 2 N–H and O–H groups in total. The van der Waals surface area contributed by atoms with Gasteiger partial charge in [0, 0.05) is 35.2 Å². The van der Waals surface area contributed by atoms with Crippen molar-refractivity contribution in [1.82, 2.24) is 10.6 Å². The quantitative estimate of drug-likeness (QED) is 0.744. The number of hydrogen-bond acceptors (Lipinski definition) is 4. The maximum atomic E-state index is 12.0. The molecular formula is C18H19BrN2O3. The molecular weight excluding hydrogens is 372 g/mol. The van der Waals surface area contributed by atoms with Gasteiger partial charge < -0.3 is 20.1 Å². The molecule has 0 bridgehead atoms. The average Bonchev–Trinajstić information content (AvgIpc) is 2.62. The van der Waals surface area contributed by atoms with E-state index in [1.807, 2.05) is 30.3 Å². The lowest BCUT2D eigenvalue weighted by Gasteiger charge is -2.21. The largest absolute Gasteiger partial charge is 0.486 e. The minimum absolute atomic E-state index is 0.0712. The molecule has 2 aromatic carbocycles. The summed E-state index contributed by atoms with van der Waals surface area (Å²) in [5, 5.41) is 6.20. The van der Waals surface area contributed by atoms with E-state index >= 15 is 0 Å². The molecule has 0 atom stereocenters. The third kappa shape index (κ3) is 4.27. The number of fused-ring (bicyclic) bond motifs is 1. The van der Waals surface area contributed by atoms with Crippen LogP contribution in [0.15, 0.2) is 46.9 Å². The zero-order chi connectivity index (χ0) is 16.8. The van der Waals surface area contributed by atoms with Gasteiger partial charge in [-0.1, -0.05) is 28.1 Å². The second kappa shape index (κ2) is 8.17. The minimum Gasteiger partial charge on any atom is -0.486 e. The fourth-order valence-corrected chi connectivity index (χ4v) is 2.73. The highest BCUT2D eigenvalue weighted by atomic mass is 79.9. The first-order valence-electron chi connectivity index (χ1n) is 7.86. The van der Waals surface area contributed by atoms with Crippen molar-refractivity contribution in [1.29, 1.82) is 0 Å². The van der Waals surface area contributed by atoms with Crippen LogP contribution in [0.2, 0.25) is 0 Å². The van der Waals surface area contributed by atoms with Crippen LogP contribution < -0.4 is 20.1 Å². The molecule has 0 aromatic heterocycles. The number of carbonyl (C=O) groups is 1. The molecule has 0 unspecified atom stereocenters. The van der Waals surface area contributed by atoms with Gasteiger partial charge in [-0.3, -0.25) is 4.79 Å². The molecule has 0 spiro atoms. The van der Waals surface area contributed by atoms with Gasteiger partial charge in [0.15, 0.2) is 11.5 Å². The highest BCUT2D eigenvalue weighted by Gasteiger charge is 2.14. The smallest absolute Gasteiger partial charge is 0.251 e. The van der Waals surface area contributed by atoms with Crippen molar-refractivity contribution in [2.24, 2.45) is 0 Å². The number of halogens is 1. The van der Waals surface area contributed by atoms with Crippen LogP contribution in [0.3, 0.4) is 0 Å². The molecule has 6 heteroatoms. The molecule has 1 aliphatic heterocycles. The summed E-state index contributed by atoms with van der Waals surface area (Å²) in [7, 11) is 0. The second-order valence-electron chi connectivity index (χ2n) is 5.38. The molecule has 1 aliphatic rings. The molecule has 0 aliphatic carbocycles. The van der Waals surface area contributed by atoms with Gasteiger partial charge >= 0.3 is 0 Å². The molecule has 24 heavy (non-hydrogen) atoms. The Balaban J connectivity index is 1.43. The lowest BCUT2D eigenvalue weighted by atomic mass is 10.1. The van der Waals surface area contributed by atoms with Crippen molar-refractivity contribution < 1.29 is 14.3 Å². The van der Waals surface area contributed by atoms with Crippen molar-refractivity contribution in [3.05, 3.63) is 58.1 Å². The summed E-state index contributed by atoms with van der Waals surface area (Å²) in [5.41, 5.74) is 1.72. The first-order chi connectivity index (χ1) is 11.7. The van der Waals surface area contributed by atoms with Crippen LogP contribution >= 0.6 is 15.9 Å². The van der Waals surface area contributed by atoms with Gasteiger partial charge in [0.25, 0.3) is 5.91 Å². The Morgan fingerprint density at radius 1 is 1.04 bits per heavy atom. The topological polar surface area (TPSA) is 59.6 Å². The van der Waals surface area contributed by atoms with Crippen LogP contribution in [0.5, 0.6) is 11.5 Å². The molecule has 0 radical (unpaired) electrons. The molecule has 2 aromatic rings. The predicted octanol–water partition coefficient (Wildman–Crippen LogP) is 2.74. The van der Waals surface area contributed by atoms with Crippen LogP contribution in [-0.4, -0.2) is 32.2 Å². The average molecular weight is 391 g/mol. The van der Waals surface area contributed by atoms with E-state index in [1.54, 1.807) is 12.1 Å². The van der Waals surface area contributed by atoms with Gasteiger partial charge in [-0.25, -0.2) is 0 Å². The van der Waals surface area contributed by atoms with Crippen LogP contribution in [0.25, 0.3) is 0 Å². The Morgan fingerprint density at radius 3 is 2.67 bits per heavy atom. The summed E-state index contributed by atoms with van der Waals surface area (Å²) in [6.45, 7) is 3.06. The van der Waals surface area contributed by atoms with E-state index in [-0.39, 0.29) is 5.91 Å². The molecule has 3 rings (SSSR count). The Bertz CT molecular complexity index is 704. The summed E-state index contributed by atoms with van der Waals surface area (Å²) in [6, 6.07) is 13.2. The molecule has 0 fully saturated rings. The van der Waals surface area contributed by atoms with E-state index in [9.17, 15) is 4.79 Å². The molecule has 0 saturated carbocycles. The van der Waals surface area contributed by atoms with E-state index in [0.717, 1.165) is 21.5 Å². The van der Waals surface area contributed by atoms with Gasteiger partial charge in [-0.15, -0.1) is 0 Å². The van der Waals surface area contributed by atoms with Crippen molar-refractivity contribution >= 4 is 21.8 Å². The van der Waals surface area contributed by atoms with Crippen molar-refractivity contribution in [2.75, 3.05) is 26.3 Å². The molecule has 126 valence electrons. The van der Waals surface area contributed by atoms with Crippen LogP contribution in [0, 0.1) is 0 Å². The van der Waals surface area contributed by atoms with Gasteiger partial charge in [0.2, 0.25) is 0 Å². The van der Waals surface area contributed by atoms with E-state index in [4.69, 9.17) is 9.47 Å². The molecule has 1 amide bonds. The van der Waals surface area contributed by atoms with Crippen LogP contribution in [-0.2, 0) is 6.54 Å². The normalized spacial score (nSPS) is 12.7. The number of carbonyl (C=O) groups excluding carboxylic acids is 1. The maximum Gasteiger partial charge on any atom is 0.251 e. The van der Waals surface area contributed by atoms with E-state index in [1.165, 1.54) is 0 Å². The van der Waals surface area contributed by atoms with Crippen molar-refractivity contribution in [3.63, 3.8) is 0 Å². The zero-order valence-corrected chi connectivity index (χ0v) is 14.8. The number of nitrogens with one attached hydrogen (secondary N) is 2. The first kappa shape index (κ1) is 16.8. The van der Waals surface area contributed by atoms with E-state index < -0.39 is 0 Å². The van der Waals surface area contributed by atoms with E-state index in [2.05, 4.69) is 26.6 Å². The van der Waals surface area contributed by atoms with Gasteiger partial charge in [0.05, 0.1) is 0 Å². The minimum atomic E-state index is -0.0712. The highest BCUT2D eigenvalue weighted by molar-refractivity contribution is 9.10. The van der Waals surface area contributed by atoms with Crippen LogP contribution in [0.1, 0.15) is 15.9 Å². The third-order valence-electron chi connectivity index (χ3n) is 3.66. The summed E-state index contributed by atoms with van der Waals surface area (Å²) in [4.78, 5) is 12.0. The Morgan fingerprint density at radius 2 is 1.83 bits per heavy atom. The van der Waals surface area contributed by atoms with Gasteiger partial charge in [-0.2, -0.15) is 0 Å². The SMILES string of the molecule is O=C(NCCNCc1cccc2c1OCCO2)c1ccc(Br)cc1. The number of rotatable bonds is 6. The summed E-state index contributed by atoms with van der Waals surface area (Å²) in [5.74, 6) is 1.54.